The molecule has 1 fully saturated rings. The quantitative estimate of drug-likeness (QED) is 0.250. The number of aromatic nitrogens is 2. The third-order valence-electron chi connectivity index (χ3n) is 6.82. The van der Waals surface area contributed by atoms with E-state index in [-0.39, 0.29) is 0 Å². The van der Waals surface area contributed by atoms with Gasteiger partial charge in [0.25, 0.3) is 0 Å². The molecule has 5 aromatic rings. The molecular weight excluding hydrogens is 408 g/mol. The minimum absolute atomic E-state index is 0.462. The lowest BCUT2D eigenvalue weighted by atomic mass is 9.88. The van der Waals surface area contributed by atoms with Crippen LogP contribution in [0.4, 0.5) is 0 Å². The number of fused-ring (bicyclic) bond motifs is 6. The molecule has 0 saturated heterocycles. The number of benzene rings is 4. The second-order valence-electron chi connectivity index (χ2n) is 8.64. The lowest BCUT2D eigenvalue weighted by Gasteiger charge is -2.22. The van der Waals surface area contributed by atoms with Crippen LogP contribution in [-0.4, -0.2) is 28.1 Å². The van der Waals surface area contributed by atoms with Gasteiger partial charge in [-0.05, 0) is 47.9 Å². The van der Waals surface area contributed by atoms with Crippen molar-refractivity contribution < 1.29 is 9.90 Å². The van der Waals surface area contributed by atoms with E-state index < -0.39 is 0 Å². The normalized spacial score (nSPS) is 14.4. The predicted octanol–water partition coefficient (Wildman–Crippen LogP) is 6.80. The van der Waals surface area contributed by atoms with E-state index in [1.165, 1.54) is 59.2 Å². The van der Waals surface area contributed by atoms with Gasteiger partial charge in [-0.1, -0.05) is 67.8 Å². The van der Waals surface area contributed by atoms with Crippen molar-refractivity contribution in [2.45, 2.75) is 38.0 Å². The summed E-state index contributed by atoms with van der Waals surface area (Å²) in [4.78, 5) is 16.6. The average Bonchev–Trinajstić information content (AvgIpc) is 3.32. The Morgan fingerprint density at radius 3 is 2.00 bits per heavy atom. The van der Waals surface area contributed by atoms with Crippen LogP contribution in [-0.2, 0) is 0 Å². The van der Waals surface area contributed by atoms with Gasteiger partial charge in [0.1, 0.15) is 12.1 Å². The van der Waals surface area contributed by atoms with E-state index in [0.717, 1.165) is 30.4 Å². The summed E-state index contributed by atoms with van der Waals surface area (Å²) >= 11 is 0. The Hall–Kier alpha value is -3.50. The standard InChI is InChI=1S/C28H24N2O.CH4O/c31-18-19-14-16-21(17-15-19)30-27-25-13-7-5-11-23(25)22-10-4-6-12-24(22)26(27)29-28(30)20-8-2-1-3-9-20;1-2/h4-7,10-18,20H,1-3,8-9H2;2H,1H3. The molecule has 33 heavy (non-hydrogen) atoms. The number of carbonyl (C=O) groups is 1. The number of hydrogen-bond donors (Lipinski definition) is 1. The summed E-state index contributed by atoms with van der Waals surface area (Å²) in [6.07, 6.45) is 7.12. The Labute approximate surface area is 193 Å². The molecule has 0 spiro atoms. The molecule has 166 valence electrons. The molecule has 1 heterocycles. The summed E-state index contributed by atoms with van der Waals surface area (Å²) in [5.74, 6) is 1.62. The molecule has 4 nitrogen and oxygen atoms in total. The van der Waals surface area contributed by atoms with E-state index in [4.69, 9.17) is 10.1 Å². The van der Waals surface area contributed by atoms with Gasteiger partial charge in [-0.2, -0.15) is 0 Å². The first-order valence-corrected chi connectivity index (χ1v) is 11.7. The van der Waals surface area contributed by atoms with Crippen LogP contribution >= 0.6 is 0 Å². The van der Waals surface area contributed by atoms with Crippen molar-refractivity contribution in [3.05, 3.63) is 84.2 Å². The summed E-state index contributed by atoms with van der Waals surface area (Å²) < 4.78 is 2.37. The van der Waals surface area contributed by atoms with Crippen LogP contribution in [0, 0.1) is 0 Å². The van der Waals surface area contributed by atoms with Gasteiger partial charge in [-0.25, -0.2) is 4.98 Å². The molecule has 1 N–H and O–H groups in total. The number of hydrogen-bond acceptors (Lipinski definition) is 3. The Kier molecular flexibility index (Phi) is 5.93. The summed E-state index contributed by atoms with van der Waals surface area (Å²) in [5, 5.41) is 11.9. The smallest absolute Gasteiger partial charge is 0.150 e. The van der Waals surface area contributed by atoms with Crippen molar-refractivity contribution in [2.75, 3.05) is 7.11 Å². The highest BCUT2D eigenvalue weighted by atomic mass is 16.2. The number of imidazole rings is 1. The van der Waals surface area contributed by atoms with Crippen LogP contribution in [0.3, 0.4) is 0 Å². The zero-order valence-corrected chi connectivity index (χ0v) is 18.9. The third-order valence-corrected chi connectivity index (χ3v) is 6.82. The first-order valence-electron chi connectivity index (χ1n) is 11.7. The van der Waals surface area contributed by atoms with E-state index in [2.05, 4.69) is 65.2 Å². The summed E-state index contributed by atoms with van der Waals surface area (Å²) in [7, 11) is 1.00. The topological polar surface area (TPSA) is 55.1 Å². The maximum Gasteiger partial charge on any atom is 0.150 e. The van der Waals surface area contributed by atoms with Crippen molar-refractivity contribution >= 4 is 38.9 Å². The van der Waals surface area contributed by atoms with Gasteiger partial charge in [0.15, 0.2) is 0 Å². The minimum atomic E-state index is 0.462. The van der Waals surface area contributed by atoms with Crippen molar-refractivity contribution in [3.8, 4) is 5.69 Å². The summed E-state index contributed by atoms with van der Waals surface area (Å²) in [5.41, 5.74) is 4.03. The minimum Gasteiger partial charge on any atom is -0.400 e. The predicted molar refractivity (Wildman–Crippen MR) is 135 cm³/mol. The molecule has 1 aliphatic rings. The molecule has 1 saturated carbocycles. The fourth-order valence-electron chi connectivity index (χ4n) is 5.32. The maximum atomic E-state index is 11.2. The number of aliphatic hydroxyl groups is 1. The molecule has 1 aliphatic carbocycles. The number of nitrogens with zero attached hydrogens (tertiary/aromatic N) is 2. The van der Waals surface area contributed by atoms with Gasteiger partial charge < -0.3 is 5.11 Å². The molecule has 0 bridgehead atoms. The first-order chi connectivity index (χ1) is 16.3. The second-order valence-corrected chi connectivity index (χ2v) is 8.64. The maximum absolute atomic E-state index is 11.2. The lowest BCUT2D eigenvalue weighted by molar-refractivity contribution is 0.112. The van der Waals surface area contributed by atoms with Crippen LogP contribution < -0.4 is 0 Å². The molecule has 0 radical (unpaired) electrons. The fourth-order valence-corrected chi connectivity index (χ4v) is 5.32. The monoisotopic (exact) mass is 436 g/mol. The second kappa shape index (κ2) is 9.16. The highest BCUT2D eigenvalue weighted by Gasteiger charge is 2.25. The van der Waals surface area contributed by atoms with Gasteiger partial charge in [-0.3, -0.25) is 9.36 Å². The fraction of sp³-hybridized carbons (Fsp3) is 0.241. The Morgan fingerprint density at radius 2 is 1.36 bits per heavy atom. The van der Waals surface area contributed by atoms with Crippen LogP contribution in [0.1, 0.15) is 54.2 Å². The molecule has 0 amide bonds. The molecular formula is C29H28N2O2. The van der Waals surface area contributed by atoms with Crippen molar-refractivity contribution in [3.63, 3.8) is 0 Å². The molecule has 0 atom stereocenters. The highest BCUT2D eigenvalue weighted by molar-refractivity contribution is 6.23. The molecule has 6 rings (SSSR count). The van der Waals surface area contributed by atoms with E-state index in [0.29, 0.717) is 11.5 Å². The van der Waals surface area contributed by atoms with Crippen LogP contribution in [0.2, 0.25) is 0 Å². The zero-order chi connectivity index (χ0) is 22.8. The molecule has 0 unspecified atom stereocenters. The average molecular weight is 437 g/mol. The van der Waals surface area contributed by atoms with Crippen molar-refractivity contribution in [1.82, 2.24) is 9.55 Å². The SMILES string of the molecule is CO.O=Cc1ccc(-n2c(C3CCCCC3)nc3c4ccccc4c4ccccc4c32)cc1. The molecule has 1 aromatic heterocycles. The summed E-state index contributed by atoms with van der Waals surface area (Å²) in [6, 6.07) is 25.2. The largest absolute Gasteiger partial charge is 0.400 e. The van der Waals surface area contributed by atoms with Crippen LogP contribution in [0.5, 0.6) is 0 Å². The highest BCUT2D eigenvalue weighted by Crippen LogP contribution is 2.40. The lowest BCUT2D eigenvalue weighted by Crippen LogP contribution is -2.11. The third kappa shape index (κ3) is 3.61. The Balaban J connectivity index is 0.00000111. The van der Waals surface area contributed by atoms with Crippen molar-refractivity contribution in [1.29, 1.82) is 0 Å². The first kappa shape index (κ1) is 21.4. The van der Waals surface area contributed by atoms with Crippen LogP contribution in [0.15, 0.2) is 72.8 Å². The van der Waals surface area contributed by atoms with Crippen molar-refractivity contribution in [2.24, 2.45) is 0 Å². The van der Waals surface area contributed by atoms with E-state index in [1.54, 1.807) is 0 Å². The van der Waals surface area contributed by atoms with Crippen LogP contribution in [0.25, 0.3) is 38.3 Å². The van der Waals surface area contributed by atoms with Gasteiger partial charge in [0.2, 0.25) is 0 Å². The molecule has 4 heteroatoms. The molecule has 0 aliphatic heterocycles. The number of aliphatic hydroxyl groups excluding tert-OH is 1. The van der Waals surface area contributed by atoms with Gasteiger partial charge in [0, 0.05) is 35.1 Å². The van der Waals surface area contributed by atoms with E-state index >= 15 is 0 Å². The molecule has 4 aromatic carbocycles. The van der Waals surface area contributed by atoms with Gasteiger partial charge >= 0.3 is 0 Å². The van der Waals surface area contributed by atoms with E-state index in [1.807, 2.05) is 12.1 Å². The Morgan fingerprint density at radius 1 is 0.788 bits per heavy atom. The summed E-state index contributed by atoms with van der Waals surface area (Å²) in [6.45, 7) is 0. The van der Waals surface area contributed by atoms with Gasteiger partial charge in [0.05, 0.1) is 11.0 Å². The number of aldehydes is 1. The van der Waals surface area contributed by atoms with Gasteiger partial charge in [-0.15, -0.1) is 0 Å². The number of rotatable bonds is 3. The zero-order valence-electron chi connectivity index (χ0n) is 18.9. The Bertz CT molecular complexity index is 1430. The van der Waals surface area contributed by atoms with E-state index in [9.17, 15) is 4.79 Å². The number of carbonyl (C=O) groups excluding carboxylic acids is 1.